The Kier molecular flexibility index (Phi) is 4.73. The molecule has 1 aromatic heterocycles. The Bertz CT molecular complexity index is 552. The predicted molar refractivity (Wildman–Crippen MR) is 78.0 cm³/mol. The summed E-state index contributed by atoms with van der Waals surface area (Å²) in [5.74, 6) is -0.404. The summed E-state index contributed by atoms with van der Waals surface area (Å²) >= 11 is 4.94. The first-order valence-corrected chi connectivity index (χ1v) is 7.49. The Hall–Kier alpha value is -0.750. The van der Waals surface area contributed by atoms with E-state index < -0.39 is 11.2 Å². The average molecular weight is 345 g/mol. The molecule has 2 rings (SSSR count). The Balaban J connectivity index is 2.44. The van der Waals surface area contributed by atoms with E-state index in [4.69, 9.17) is 0 Å². The number of hydrogen-bond acceptors (Lipinski definition) is 3. The molecule has 102 valence electrons. The highest BCUT2D eigenvalue weighted by atomic mass is 79.9. The predicted octanol–water partition coefficient (Wildman–Crippen LogP) is 3.11. The van der Waals surface area contributed by atoms with Crippen molar-refractivity contribution in [2.75, 3.05) is 13.2 Å². The minimum absolute atomic E-state index is 0.311. The van der Waals surface area contributed by atoms with E-state index in [-0.39, 0.29) is 13.2 Å². The van der Waals surface area contributed by atoms with Crippen molar-refractivity contribution < 1.29 is 14.6 Å². The van der Waals surface area contributed by atoms with E-state index in [1.807, 2.05) is 11.4 Å². The van der Waals surface area contributed by atoms with Crippen LogP contribution in [0.15, 0.2) is 40.2 Å². The fourth-order valence-electron chi connectivity index (χ4n) is 2.08. The fraction of sp³-hybridized carbons (Fsp3) is 0.286. The van der Waals surface area contributed by atoms with Gasteiger partial charge in [0.15, 0.2) is 0 Å². The van der Waals surface area contributed by atoms with E-state index in [1.165, 1.54) is 17.4 Å². The number of rotatable bonds is 5. The maximum absolute atomic E-state index is 14.0. The van der Waals surface area contributed by atoms with Gasteiger partial charge in [-0.25, -0.2) is 4.39 Å². The molecule has 19 heavy (non-hydrogen) atoms. The molecule has 0 amide bonds. The molecular weight excluding hydrogens is 331 g/mol. The lowest BCUT2D eigenvalue weighted by Gasteiger charge is -2.30. The Morgan fingerprint density at radius 2 is 1.84 bits per heavy atom. The highest BCUT2D eigenvalue weighted by molar-refractivity contribution is 9.10. The van der Waals surface area contributed by atoms with Crippen molar-refractivity contribution in [2.45, 2.75) is 11.8 Å². The van der Waals surface area contributed by atoms with Crippen LogP contribution in [-0.2, 0) is 11.8 Å². The minimum Gasteiger partial charge on any atom is -0.395 e. The maximum Gasteiger partial charge on any atom is 0.127 e. The first-order chi connectivity index (χ1) is 9.13. The number of benzene rings is 1. The van der Waals surface area contributed by atoms with Gasteiger partial charge >= 0.3 is 0 Å². The van der Waals surface area contributed by atoms with E-state index in [9.17, 15) is 14.6 Å². The second-order valence-electron chi connectivity index (χ2n) is 4.44. The van der Waals surface area contributed by atoms with E-state index in [1.54, 1.807) is 18.2 Å². The summed E-state index contributed by atoms with van der Waals surface area (Å²) in [5.41, 5.74) is -0.654. The zero-order chi connectivity index (χ0) is 13.9. The molecular formula is C14H14BrFO2S. The van der Waals surface area contributed by atoms with Gasteiger partial charge in [0.25, 0.3) is 0 Å². The molecule has 0 aliphatic carbocycles. The lowest BCUT2D eigenvalue weighted by Crippen LogP contribution is -2.38. The molecule has 0 unspecified atom stereocenters. The molecule has 0 spiro atoms. The number of aliphatic hydroxyl groups is 2. The summed E-state index contributed by atoms with van der Waals surface area (Å²) in [4.78, 5) is 0.978. The first kappa shape index (κ1) is 14.7. The van der Waals surface area contributed by atoms with E-state index >= 15 is 0 Å². The van der Waals surface area contributed by atoms with E-state index in [2.05, 4.69) is 15.9 Å². The zero-order valence-electron chi connectivity index (χ0n) is 10.1. The van der Waals surface area contributed by atoms with Crippen LogP contribution in [0.5, 0.6) is 0 Å². The van der Waals surface area contributed by atoms with Gasteiger partial charge in [0.1, 0.15) is 5.82 Å². The smallest absolute Gasteiger partial charge is 0.127 e. The molecule has 0 aliphatic rings. The largest absolute Gasteiger partial charge is 0.395 e. The van der Waals surface area contributed by atoms with E-state index in [0.717, 1.165) is 9.35 Å². The molecule has 2 nitrogen and oxygen atoms in total. The molecule has 0 saturated carbocycles. The standard InChI is InChI=1S/C14H14BrFO2S/c15-11-5-6-19-13(11)7-14(8-17,9-18)10-3-1-2-4-12(10)16/h1-6,17-18H,7-9H2. The van der Waals surface area contributed by atoms with Gasteiger partial charge in [-0.1, -0.05) is 18.2 Å². The molecule has 2 aromatic rings. The van der Waals surface area contributed by atoms with Crippen molar-refractivity contribution in [3.05, 3.63) is 56.4 Å². The Labute approximate surface area is 123 Å². The summed E-state index contributed by atoms with van der Waals surface area (Å²) < 4.78 is 14.9. The summed E-state index contributed by atoms with van der Waals surface area (Å²) in [6, 6.07) is 8.17. The van der Waals surface area contributed by atoms with Crippen molar-refractivity contribution in [2.24, 2.45) is 0 Å². The van der Waals surface area contributed by atoms with Crippen molar-refractivity contribution in [3.63, 3.8) is 0 Å². The van der Waals surface area contributed by atoms with Crippen molar-refractivity contribution in [1.29, 1.82) is 0 Å². The molecule has 0 bridgehead atoms. The molecule has 0 fully saturated rings. The van der Waals surface area contributed by atoms with Crippen LogP contribution in [0.3, 0.4) is 0 Å². The van der Waals surface area contributed by atoms with Crippen LogP contribution >= 0.6 is 27.3 Å². The number of hydrogen-bond donors (Lipinski definition) is 2. The highest BCUT2D eigenvalue weighted by Crippen LogP contribution is 2.34. The lowest BCUT2D eigenvalue weighted by molar-refractivity contribution is 0.114. The molecule has 5 heteroatoms. The minimum atomic E-state index is -1.00. The molecule has 1 heterocycles. The van der Waals surface area contributed by atoms with Crippen LogP contribution < -0.4 is 0 Å². The van der Waals surface area contributed by atoms with Gasteiger partial charge < -0.3 is 10.2 Å². The van der Waals surface area contributed by atoms with Gasteiger partial charge in [0.2, 0.25) is 0 Å². The van der Waals surface area contributed by atoms with Gasteiger partial charge in [0, 0.05) is 14.8 Å². The summed E-state index contributed by atoms with van der Waals surface area (Å²) in [6.07, 6.45) is 0.388. The number of aliphatic hydroxyl groups excluding tert-OH is 2. The summed E-state index contributed by atoms with van der Waals surface area (Å²) in [5, 5.41) is 21.3. The fourth-order valence-corrected chi connectivity index (χ4v) is 3.71. The Morgan fingerprint density at radius 1 is 1.16 bits per heavy atom. The maximum atomic E-state index is 14.0. The van der Waals surface area contributed by atoms with Crippen LogP contribution in [0.1, 0.15) is 10.4 Å². The van der Waals surface area contributed by atoms with Gasteiger partial charge in [-0.05, 0) is 45.4 Å². The quantitative estimate of drug-likeness (QED) is 0.874. The number of halogens is 2. The monoisotopic (exact) mass is 344 g/mol. The normalized spacial score (nSPS) is 11.8. The molecule has 0 saturated heterocycles. The average Bonchev–Trinajstić information content (AvgIpc) is 2.82. The molecule has 0 aliphatic heterocycles. The van der Waals surface area contributed by atoms with Gasteiger partial charge in [-0.15, -0.1) is 11.3 Å². The third-order valence-corrected chi connectivity index (χ3v) is 5.17. The van der Waals surface area contributed by atoms with Crippen molar-refractivity contribution in [3.8, 4) is 0 Å². The van der Waals surface area contributed by atoms with E-state index in [0.29, 0.717) is 12.0 Å². The second-order valence-corrected chi connectivity index (χ2v) is 6.30. The summed E-state index contributed by atoms with van der Waals surface area (Å²) in [6.45, 7) is -0.621. The molecule has 2 N–H and O–H groups in total. The van der Waals surface area contributed by atoms with Crippen molar-refractivity contribution >= 4 is 27.3 Å². The first-order valence-electron chi connectivity index (χ1n) is 5.81. The zero-order valence-corrected chi connectivity index (χ0v) is 12.5. The lowest BCUT2D eigenvalue weighted by atomic mass is 9.78. The van der Waals surface area contributed by atoms with Gasteiger partial charge in [0.05, 0.1) is 13.2 Å². The topological polar surface area (TPSA) is 40.5 Å². The van der Waals surface area contributed by atoms with Gasteiger partial charge in [-0.3, -0.25) is 0 Å². The molecule has 0 atom stereocenters. The third-order valence-electron chi connectivity index (χ3n) is 3.24. The van der Waals surface area contributed by atoms with Crippen molar-refractivity contribution in [1.82, 2.24) is 0 Å². The van der Waals surface area contributed by atoms with Crippen LogP contribution in [0.2, 0.25) is 0 Å². The van der Waals surface area contributed by atoms with Crippen LogP contribution in [0.4, 0.5) is 4.39 Å². The van der Waals surface area contributed by atoms with Crippen LogP contribution in [0, 0.1) is 5.82 Å². The third kappa shape index (κ3) is 2.89. The molecule has 0 radical (unpaired) electrons. The Morgan fingerprint density at radius 3 is 2.37 bits per heavy atom. The second kappa shape index (κ2) is 6.13. The molecule has 1 aromatic carbocycles. The SMILES string of the molecule is OCC(CO)(Cc1sccc1Br)c1ccccc1F. The number of thiophene rings is 1. The van der Waals surface area contributed by atoms with Gasteiger partial charge in [-0.2, -0.15) is 0 Å². The summed E-state index contributed by atoms with van der Waals surface area (Å²) in [7, 11) is 0. The van der Waals surface area contributed by atoms with Crippen LogP contribution in [0.25, 0.3) is 0 Å². The van der Waals surface area contributed by atoms with Crippen LogP contribution in [-0.4, -0.2) is 23.4 Å². The highest BCUT2D eigenvalue weighted by Gasteiger charge is 2.34.